The molecule has 7 nitrogen and oxygen atoms in total. The van der Waals surface area contributed by atoms with Crippen LogP contribution in [0, 0.1) is 12.7 Å². The fourth-order valence-corrected chi connectivity index (χ4v) is 4.57. The summed E-state index contributed by atoms with van der Waals surface area (Å²) in [5.41, 5.74) is 1.10. The van der Waals surface area contributed by atoms with Crippen molar-refractivity contribution >= 4 is 28.3 Å². The van der Waals surface area contributed by atoms with E-state index in [0.29, 0.717) is 42.4 Å². The first-order valence-corrected chi connectivity index (χ1v) is 10.0. The molecule has 2 aliphatic rings. The summed E-state index contributed by atoms with van der Waals surface area (Å²) in [7, 11) is 0. The molecular weight excluding hydrogens is 383 g/mol. The molecule has 1 atom stereocenters. The molecule has 0 bridgehead atoms. The van der Waals surface area contributed by atoms with Crippen molar-refractivity contribution in [3.05, 3.63) is 46.2 Å². The number of carbonyl (C=O) groups is 2. The third-order valence-corrected chi connectivity index (χ3v) is 6.10. The van der Waals surface area contributed by atoms with Crippen LogP contribution in [0.4, 0.5) is 9.52 Å². The van der Waals surface area contributed by atoms with Crippen molar-refractivity contribution in [2.45, 2.75) is 13.0 Å². The number of nitrogens with one attached hydrogen (secondary N) is 1. The molecule has 148 valence electrons. The number of rotatable bonds is 3. The van der Waals surface area contributed by atoms with Gasteiger partial charge in [0.15, 0.2) is 5.13 Å². The Labute approximate surface area is 166 Å². The quantitative estimate of drug-likeness (QED) is 0.844. The van der Waals surface area contributed by atoms with E-state index in [9.17, 15) is 14.0 Å². The molecule has 0 radical (unpaired) electrons. The lowest BCUT2D eigenvalue weighted by Crippen LogP contribution is -2.52. The van der Waals surface area contributed by atoms with Crippen LogP contribution in [0.15, 0.2) is 24.3 Å². The number of carbonyl (C=O) groups excluding carboxylic acids is 2. The van der Waals surface area contributed by atoms with Gasteiger partial charge in [-0.3, -0.25) is 9.59 Å². The first kappa shape index (κ1) is 18.8. The second-order valence-corrected chi connectivity index (χ2v) is 7.74. The molecule has 0 saturated carbocycles. The molecule has 4 rings (SSSR count). The number of nitrogens with zero attached hydrogens (tertiary/aromatic N) is 3. The predicted molar refractivity (Wildman–Crippen MR) is 103 cm³/mol. The summed E-state index contributed by atoms with van der Waals surface area (Å²) in [5, 5.41) is 3.55. The van der Waals surface area contributed by atoms with Crippen LogP contribution >= 0.6 is 11.3 Å². The summed E-state index contributed by atoms with van der Waals surface area (Å²) < 4.78 is 19.1. The van der Waals surface area contributed by atoms with Gasteiger partial charge in [-0.2, -0.15) is 0 Å². The molecule has 9 heteroatoms. The maximum Gasteiger partial charge on any atom is 0.266 e. The van der Waals surface area contributed by atoms with Gasteiger partial charge in [0.05, 0.1) is 18.9 Å². The zero-order valence-electron chi connectivity index (χ0n) is 15.5. The molecule has 28 heavy (non-hydrogen) atoms. The number of thiazole rings is 1. The number of hydrogen-bond acceptors (Lipinski definition) is 6. The van der Waals surface area contributed by atoms with E-state index >= 15 is 0 Å². The number of aryl methyl sites for hydroxylation is 1. The second kappa shape index (κ2) is 7.84. The van der Waals surface area contributed by atoms with E-state index in [2.05, 4.69) is 15.2 Å². The average Bonchev–Trinajstić information content (AvgIpc) is 3.09. The second-order valence-electron chi connectivity index (χ2n) is 6.76. The summed E-state index contributed by atoms with van der Waals surface area (Å²) in [4.78, 5) is 34.5. The molecule has 0 aliphatic carbocycles. The summed E-state index contributed by atoms with van der Waals surface area (Å²) in [5.74, 6) is -0.994. The Hall–Kier alpha value is -2.52. The van der Waals surface area contributed by atoms with Gasteiger partial charge in [0.25, 0.3) is 5.91 Å². The first-order valence-electron chi connectivity index (χ1n) is 9.19. The van der Waals surface area contributed by atoms with Crippen molar-refractivity contribution in [1.29, 1.82) is 0 Å². The molecular formula is C19H21FN4O3S. The molecule has 2 saturated heterocycles. The highest BCUT2D eigenvalue weighted by Gasteiger charge is 2.36. The van der Waals surface area contributed by atoms with Gasteiger partial charge in [-0.05, 0) is 24.6 Å². The minimum Gasteiger partial charge on any atom is -0.378 e. The molecule has 1 aromatic carbocycles. The van der Waals surface area contributed by atoms with E-state index < -0.39 is 11.9 Å². The van der Waals surface area contributed by atoms with Gasteiger partial charge in [0.2, 0.25) is 5.91 Å². The Morgan fingerprint density at radius 3 is 2.86 bits per heavy atom. The third-order valence-electron chi connectivity index (χ3n) is 4.90. The highest BCUT2D eigenvalue weighted by Crippen LogP contribution is 2.31. The number of benzene rings is 1. The van der Waals surface area contributed by atoms with Gasteiger partial charge < -0.3 is 19.9 Å². The lowest BCUT2D eigenvalue weighted by atomic mass is 10.0. The number of ether oxygens (including phenoxy) is 1. The minimum absolute atomic E-state index is 0.251. The Morgan fingerprint density at radius 2 is 2.11 bits per heavy atom. The normalized spacial score (nSPS) is 20.2. The van der Waals surface area contributed by atoms with Crippen LogP contribution in [0.3, 0.4) is 0 Å². The van der Waals surface area contributed by atoms with E-state index in [1.54, 1.807) is 19.1 Å². The van der Waals surface area contributed by atoms with Gasteiger partial charge in [-0.15, -0.1) is 0 Å². The van der Waals surface area contributed by atoms with Crippen LogP contribution in [-0.4, -0.2) is 61.1 Å². The lowest BCUT2D eigenvalue weighted by molar-refractivity contribution is -0.128. The van der Waals surface area contributed by atoms with E-state index in [4.69, 9.17) is 4.74 Å². The molecule has 2 aliphatic heterocycles. The van der Waals surface area contributed by atoms with Gasteiger partial charge in [-0.25, -0.2) is 9.37 Å². The Kier molecular flexibility index (Phi) is 5.27. The summed E-state index contributed by atoms with van der Waals surface area (Å²) >= 11 is 1.33. The zero-order chi connectivity index (χ0) is 19.7. The first-order chi connectivity index (χ1) is 13.5. The third kappa shape index (κ3) is 3.59. The molecule has 2 fully saturated rings. The van der Waals surface area contributed by atoms with E-state index in [0.717, 1.165) is 18.2 Å². The van der Waals surface area contributed by atoms with Crippen LogP contribution in [0.1, 0.15) is 27.0 Å². The molecule has 1 N–H and O–H groups in total. The number of aromatic nitrogens is 1. The van der Waals surface area contributed by atoms with Crippen molar-refractivity contribution in [1.82, 2.24) is 15.2 Å². The van der Waals surface area contributed by atoms with Crippen LogP contribution < -0.4 is 10.2 Å². The predicted octanol–water partition coefficient (Wildman–Crippen LogP) is 1.74. The smallest absolute Gasteiger partial charge is 0.266 e. The highest BCUT2D eigenvalue weighted by atomic mass is 32.1. The zero-order valence-corrected chi connectivity index (χ0v) is 16.3. The Balaban J connectivity index is 1.64. The number of anilines is 1. The molecule has 0 spiro atoms. The molecule has 2 amide bonds. The molecule has 1 aromatic heterocycles. The van der Waals surface area contributed by atoms with Gasteiger partial charge in [0.1, 0.15) is 16.7 Å². The van der Waals surface area contributed by atoms with E-state index in [1.165, 1.54) is 28.4 Å². The Morgan fingerprint density at radius 1 is 1.32 bits per heavy atom. The highest BCUT2D eigenvalue weighted by molar-refractivity contribution is 7.17. The van der Waals surface area contributed by atoms with Crippen molar-refractivity contribution in [3.8, 4) is 0 Å². The summed E-state index contributed by atoms with van der Waals surface area (Å²) in [6.45, 7) is 5.26. The number of morpholine rings is 1. The topological polar surface area (TPSA) is 74.8 Å². The number of amides is 2. The van der Waals surface area contributed by atoms with Gasteiger partial charge in [0, 0.05) is 26.2 Å². The van der Waals surface area contributed by atoms with Crippen molar-refractivity contribution < 1.29 is 18.7 Å². The average molecular weight is 404 g/mol. The number of halogens is 1. The molecule has 3 heterocycles. The number of hydrogen-bond donors (Lipinski definition) is 1. The lowest BCUT2D eigenvalue weighted by Gasteiger charge is -2.35. The van der Waals surface area contributed by atoms with Crippen molar-refractivity contribution in [2.24, 2.45) is 0 Å². The van der Waals surface area contributed by atoms with Crippen LogP contribution in [0.25, 0.3) is 0 Å². The Bertz CT molecular complexity index is 897. The van der Waals surface area contributed by atoms with Crippen molar-refractivity contribution in [2.75, 3.05) is 44.3 Å². The maximum absolute atomic E-state index is 13.7. The molecule has 2 aromatic rings. The van der Waals surface area contributed by atoms with E-state index in [1.807, 2.05) is 0 Å². The maximum atomic E-state index is 13.7. The van der Waals surface area contributed by atoms with Crippen LogP contribution in [0.5, 0.6) is 0 Å². The van der Waals surface area contributed by atoms with Crippen molar-refractivity contribution in [3.63, 3.8) is 0 Å². The van der Waals surface area contributed by atoms with Crippen LogP contribution in [0.2, 0.25) is 0 Å². The fraction of sp³-hybridized carbons (Fsp3) is 0.421. The van der Waals surface area contributed by atoms with Gasteiger partial charge in [-0.1, -0.05) is 23.5 Å². The van der Waals surface area contributed by atoms with E-state index in [-0.39, 0.29) is 11.8 Å². The van der Waals surface area contributed by atoms with Gasteiger partial charge >= 0.3 is 0 Å². The standard InChI is InChI=1S/C19H21FN4O3S/c1-12-16(28-19(22-12)23-7-9-27-10-8-23)18(26)24-6-5-21-17(25)15(24)13-3-2-4-14(20)11-13/h2-4,11,15H,5-10H2,1H3,(H,21,25). The largest absolute Gasteiger partial charge is 0.378 e. The van der Waals surface area contributed by atoms with Crippen LogP contribution in [-0.2, 0) is 9.53 Å². The summed E-state index contributed by atoms with van der Waals surface area (Å²) in [6.07, 6.45) is 0. The SMILES string of the molecule is Cc1nc(N2CCOCC2)sc1C(=O)N1CCNC(=O)C1c1cccc(F)c1. The number of piperazine rings is 1. The fourth-order valence-electron chi connectivity index (χ4n) is 3.49. The monoisotopic (exact) mass is 404 g/mol. The molecule has 1 unspecified atom stereocenters. The summed E-state index contributed by atoms with van der Waals surface area (Å²) in [6, 6.07) is 4.97. The minimum atomic E-state index is -0.856.